The molecule has 0 N–H and O–H groups in total. The lowest BCUT2D eigenvalue weighted by Crippen LogP contribution is -2.56. The first-order chi connectivity index (χ1) is 15.2. The van der Waals surface area contributed by atoms with Crippen LogP contribution >= 0.6 is 0 Å². The first-order valence-electron chi connectivity index (χ1n) is 11.4. The summed E-state index contributed by atoms with van der Waals surface area (Å²) in [5, 5.41) is 0. The molecule has 1 heterocycles. The molecule has 176 valence electrons. The highest BCUT2D eigenvalue weighted by Gasteiger charge is 2.35. The van der Waals surface area contributed by atoms with Gasteiger partial charge in [0.05, 0.1) is 6.04 Å². The van der Waals surface area contributed by atoms with Crippen LogP contribution in [0.25, 0.3) is 0 Å². The van der Waals surface area contributed by atoms with Crippen LogP contribution in [-0.4, -0.2) is 47.2 Å². The molecule has 0 saturated carbocycles. The number of benzene rings is 2. The zero-order valence-corrected chi connectivity index (χ0v) is 20.1. The van der Waals surface area contributed by atoms with E-state index in [-0.39, 0.29) is 29.8 Å². The van der Waals surface area contributed by atoms with Crippen molar-refractivity contribution in [2.75, 3.05) is 19.6 Å². The van der Waals surface area contributed by atoms with Crippen molar-refractivity contribution in [1.82, 2.24) is 9.80 Å². The van der Waals surface area contributed by atoms with Gasteiger partial charge in [0.1, 0.15) is 17.2 Å². The third-order valence-electron chi connectivity index (χ3n) is 5.35. The van der Waals surface area contributed by atoms with Gasteiger partial charge in [0.25, 0.3) is 0 Å². The van der Waals surface area contributed by atoms with E-state index < -0.39 is 5.60 Å². The van der Waals surface area contributed by atoms with Crippen molar-refractivity contribution >= 4 is 6.09 Å². The standard InChI is InChI=1S/C24H30F2N2O2.C2H6/c1-5-21-16-27(14-15-28(21)23(29)30-24(2,3)4)22(17-6-10-19(25)11-7-17)18-8-12-20(26)13-9-18;1-2/h6-13,21-22H,5,14-16H2,1-4H3;1-2H3. The molecule has 32 heavy (non-hydrogen) atoms. The second-order valence-electron chi connectivity index (χ2n) is 8.74. The largest absolute Gasteiger partial charge is 0.444 e. The molecule has 2 aromatic carbocycles. The Morgan fingerprint density at radius 1 is 0.969 bits per heavy atom. The van der Waals surface area contributed by atoms with E-state index in [9.17, 15) is 13.6 Å². The average Bonchev–Trinajstić information content (AvgIpc) is 2.76. The predicted octanol–water partition coefficient (Wildman–Crippen LogP) is 6.41. The summed E-state index contributed by atoms with van der Waals surface area (Å²) in [5.41, 5.74) is 1.32. The second-order valence-corrected chi connectivity index (χ2v) is 8.74. The molecule has 1 atom stereocenters. The van der Waals surface area contributed by atoms with E-state index in [0.29, 0.717) is 19.6 Å². The molecule has 1 fully saturated rings. The van der Waals surface area contributed by atoms with Crippen LogP contribution in [0.4, 0.5) is 13.6 Å². The van der Waals surface area contributed by atoms with Crippen molar-refractivity contribution in [3.8, 4) is 0 Å². The van der Waals surface area contributed by atoms with Crippen molar-refractivity contribution in [3.63, 3.8) is 0 Å². The number of carbonyl (C=O) groups is 1. The average molecular weight is 447 g/mol. The SMILES string of the molecule is CC.CCC1CN(C(c2ccc(F)cc2)c2ccc(F)cc2)CCN1C(=O)OC(C)(C)C. The van der Waals surface area contributed by atoms with E-state index in [2.05, 4.69) is 11.8 Å². The van der Waals surface area contributed by atoms with Crippen molar-refractivity contribution in [1.29, 1.82) is 0 Å². The molecule has 4 nitrogen and oxygen atoms in total. The smallest absolute Gasteiger partial charge is 0.410 e. The fourth-order valence-corrected chi connectivity index (χ4v) is 3.93. The lowest BCUT2D eigenvalue weighted by molar-refractivity contribution is -0.00598. The number of hydrogen-bond acceptors (Lipinski definition) is 3. The second kappa shape index (κ2) is 11.4. The molecule has 1 aliphatic heterocycles. The number of carbonyl (C=O) groups excluding carboxylic acids is 1. The van der Waals surface area contributed by atoms with Gasteiger partial charge in [-0.15, -0.1) is 0 Å². The molecular formula is C26H36F2N2O2. The number of rotatable bonds is 4. The molecule has 0 bridgehead atoms. The summed E-state index contributed by atoms with van der Waals surface area (Å²) >= 11 is 0. The molecule has 0 aliphatic carbocycles. The van der Waals surface area contributed by atoms with Crippen LogP contribution in [0.1, 0.15) is 65.1 Å². The monoisotopic (exact) mass is 446 g/mol. The van der Waals surface area contributed by atoms with Crippen molar-refractivity contribution in [3.05, 3.63) is 71.3 Å². The van der Waals surface area contributed by atoms with Gasteiger partial charge in [0.15, 0.2) is 0 Å². The topological polar surface area (TPSA) is 32.8 Å². The number of nitrogens with zero attached hydrogens (tertiary/aromatic N) is 2. The third-order valence-corrected chi connectivity index (χ3v) is 5.35. The summed E-state index contributed by atoms with van der Waals surface area (Å²) in [4.78, 5) is 16.7. The molecule has 0 aromatic heterocycles. The third kappa shape index (κ3) is 6.76. The Morgan fingerprint density at radius 3 is 1.84 bits per heavy atom. The minimum Gasteiger partial charge on any atom is -0.444 e. The van der Waals surface area contributed by atoms with Crippen LogP contribution < -0.4 is 0 Å². The Labute approximate surface area is 191 Å². The minimum atomic E-state index is -0.544. The van der Waals surface area contributed by atoms with Crippen LogP contribution in [-0.2, 0) is 4.74 Å². The zero-order chi connectivity index (χ0) is 23.9. The van der Waals surface area contributed by atoms with Crippen molar-refractivity contribution in [2.24, 2.45) is 0 Å². The maximum absolute atomic E-state index is 13.5. The van der Waals surface area contributed by atoms with Gasteiger partial charge in [-0.1, -0.05) is 45.0 Å². The first kappa shape index (κ1) is 25.8. The highest BCUT2D eigenvalue weighted by Crippen LogP contribution is 2.32. The summed E-state index contributed by atoms with van der Waals surface area (Å²) in [6, 6.07) is 12.7. The Kier molecular flexibility index (Phi) is 9.20. The fourth-order valence-electron chi connectivity index (χ4n) is 3.93. The van der Waals surface area contributed by atoms with Crippen molar-refractivity contribution in [2.45, 2.75) is 65.6 Å². The maximum atomic E-state index is 13.5. The van der Waals surface area contributed by atoms with E-state index in [0.717, 1.165) is 17.5 Å². The Hall–Kier alpha value is -2.47. The summed E-state index contributed by atoms with van der Waals surface area (Å²) in [6.45, 7) is 13.5. The Balaban J connectivity index is 0.00000176. The molecule has 0 radical (unpaired) electrons. The summed E-state index contributed by atoms with van der Waals surface area (Å²) in [6.07, 6.45) is 0.490. The molecule has 1 saturated heterocycles. The summed E-state index contributed by atoms with van der Waals surface area (Å²) in [5.74, 6) is -0.587. The van der Waals surface area contributed by atoms with Crippen LogP contribution in [0.5, 0.6) is 0 Å². The molecule has 1 unspecified atom stereocenters. The molecule has 2 aromatic rings. The van der Waals surface area contributed by atoms with Gasteiger partial charge in [-0.05, 0) is 62.6 Å². The van der Waals surface area contributed by atoms with E-state index in [1.165, 1.54) is 24.3 Å². The van der Waals surface area contributed by atoms with Crippen molar-refractivity contribution < 1.29 is 18.3 Å². The number of amides is 1. The van der Waals surface area contributed by atoms with Gasteiger partial charge < -0.3 is 9.64 Å². The highest BCUT2D eigenvalue weighted by molar-refractivity contribution is 5.68. The van der Waals surface area contributed by atoms with Crippen LogP contribution in [0.2, 0.25) is 0 Å². The van der Waals surface area contributed by atoms with E-state index in [1.54, 1.807) is 29.2 Å². The summed E-state index contributed by atoms with van der Waals surface area (Å²) in [7, 11) is 0. The van der Waals surface area contributed by atoms with Crippen LogP contribution in [0.15, 0.2) is 48.5 Å². The predicted molar refractivity (Wildman–Crippen MR) is 125 cm³/mol. The van der Waals surface area contributed by atoms with Gasteiger partial charge in [-0.3, -0.25) is 4.90 Å². The lowest BCUT2D eigenvalue weighted by atomic mass is 9.95. The van der Waals surface area contributed by atoms with Crippen LogP contribution in [0, 0.1) is 11.6 Å². The van der Waals surface area contributed by atoms with E-state index in [1.807, 2.05) is 34.6 Å². The van der Waals surface area contributed by atoms with Gasteiger partial charge in [-0.2, -0.15) is 0 Å². The minimum absolute atomic E-state index is 0.00278. The molecule has 6 heteroatoms. The number of hydrogen-bond donors (Lipinski definition) is 0. The van der Waals surface area contributed by atoms with E-state index >= 15 is 0 Å². The number of ether oxygens (including phenoxy) is 1. The summed E-state index contributed by atoms with van der Waals surface area (Å²) < 4.78 is 32.6. The van der Waals surface area contributed by atoms with E-state index in [4.69, 9.17) is 4.74 Å². The highest BCUT2D eigenvalue weighted by atomic mass is 19.1. The van der Waals surface area contributed by atoms with Crippen LogP contribution in [0.3, 0.4) is 0 Å². The molecule has 1 amide bonds. The van der Waals surface area contributed by atoms with Gasteiger partial charge >= 0.3 is 6.09 Å². The zero-order valence-electron chi connectivity index (χ0n) is 20.1. The van der Waals surface area contributed by atoms with Gasteiger partial charge in [0.2, 0.25) is 0 Å². The van der Waals surface area contributed by atoms with Gasteiger partial charge in [-0.25, -0.2) is 13.6 Å². The molecular weight excluding hydrogens is 410 g/mol. The quantitative estimate of drug-likeness (QED) is 0.544. The molecule has 1 aliphatic rings. The normalized spacial score (nSPS) is 17.0. The maximum Gasteiger partial charge on any atom is 0.410 e. The fraction of sp³-hybridized carbons (Fsp3) is 0.500. The first-order valence-corrected chi connectivity index (χ1v) is 11.4. The molecule has 3 rings (SSSR count). The number of halogens is 2. The lowest BCUT2D eigenvalue weighted by Gasteiger charge is -2.44. The van der Waals surface area contributed by atoms with Gasteiger partial charge in [0, 0.05) is 25.7 Å². The Morgan fingerprint density at radius 2 is 1.44 bits per heavy atom. The molecule has 0 spiro atoms. The number of piperazine rings is 1. The Bertz CT molecular complexity index is 802.